The highest BCUT2D eigenvalue weighted by atomic mass is 35.5. The van der Waals surface area contributed by atoms with E-state index in [2.05, 4.69) is 5.32 Å². The minimum Gasteiger partial charge on any atom is -0.497 e. The van der Waals surface area contributed by atoms with Crippen molar-refractivity contribution in [1.82, 2.24) is 5.32 Å². The summed E-state index contributed by atoms with van der Waals surface area (Å²) in [6, 6.07) is 10.8. The van der Waals surface area contributed by atoms with Crippen LogP contribution in [0.3, 0.4) is 0 Å². The van der Waals surface area contributed by atoms with Gasteiger partial charge < -0.3 is 14.8 Å². The third kappa shape index (κ3) is 3.80. The first-order valence-electron chi connectivity index (χ1n) is 9.64. The van der Waals surface area contributed by atoms with Crippen molar-refractivity contribution in [3.05, 3.63) is 68.8 Å². The van der Waals surface area contributed by atoms with E-state index in [4.69, 9.17) is 32.7 Å². The highest BCUT2D eigenvalue weighted by Gasteiger charge is 2.39. The number of nitrogens with one attached hydrogen (secondary N) is 1. The molecular formula is C23H21Cl2NO4. The fourth-order valence-electron chi connectivity index (χ4n) is 4.35. The van der Waals surface area contributed by atoms with Gasteiger partial charge in [0.1, 0.15) is 11.5 Å². The van der Waals surface area contributed by atoms with E-state index < -0.39 is 0 Å². The zero-order valence-electron chi connectivity index (χ0n) is 16.6. The number of hydrogen-bond donors (Lipinski definition) is 1. The molecule has 1 amide bonds. The topological polar surface area (TPSA) is 64.6 Å². The predicted octanol–water partition coefficient (Wildman–Crippen LogP) is 5.01. The molecule has 1 N–H and O–H groups in total. The molecule has 5 nitrogen and oxygen atoms in total. The quantitative estimate of drug-likeness (QED) is 0.717. The number of allylic oxidation sites excluding steroid dienone is 2. The molecule has 2 aromatic rings. The van der Waals surface area contributed by atoms with Crippen molar-refractivity contribution in [1.29, 1.82) is 0 Å². The van der Waals surface area contributed by atoms with E-state index in [1.807, 2.05) is 24.3 Å². The van der Waals surface area contributed by atoms with Crippen LogP contribution < -0.4 is 14.8 Å². The number of halogens is 2. The van der Waals surface area contributed by atoms with Crippen molar-refractivity contribution in [3.8, 4) is 11.5 Å². The molecule has 1 aliphatic heterocycles. The lowest BCUT2D eigenvalue weighted by Gasteiger charge is -2.35. The maximum absolute atomic E-state index is 13.3. The Balaban J connectivity index is 1.74. The van der Waals surface area contributed by atoms with Crippen molar-refractivity contribution in [2.75, 3.05) is 14.2 Å². The largest absolute Gasteiger partial charge is 0.497 e. The summed E-state index contributed by atoms with van der Waals surface area (Å²) in [7, 11) is 3.20. The average Bonchev–Trinajstić information content (AvgIpc) is 2.74. The van der Waals surface area contributed by atoms with E-state index in [-0.39, 0.29) is 29.9 Å². The molecule has 0 bridgehead atoms. The van der Waals surface area contributed by atoms with Crippen LogP contribution in [0.15, 0.2) is 47.7 Å². The molecule has 2 aliphatic rings. The fourth-order valence-corrected chi connectivity index (χ4v) is 4.66. The first-order chi connectivity index (χ1) is 14.4. The number of ether oxygens (including phenoxy) is 2. The Morgan fingerprint density at radius 3 is 2.43 bits per heavy atom. The third-order valence-corrected chi connectivity index (χ3v) is 6.50. The number of carbonyl (C=O) groups is 2. The second-order valence-electron chi connectivity index (χ2n) is 7.51. The van der Waals surface area contributed by atoms with Crippen LogP contribution in [0, 0.1) is 0 Å². The molecule has 2 unspecified atom stereocenters. The lowest BCUT2D eigenvalue weighted by Crippen LogP contribution is -2.38. The summed E-state index contributed by atoms with van der Waals surface area (Å²) in [5.41, 5.74) is 3.04. The van der Waals surface area contributed by atoms with Crippen LogP contribution in [-0.4, -0.2) is 25.9 Å². The highest BCUT2D eigenvalue weighted by molar-refractivity contribution is 6.42. The Labute approximate surface area is 185 Å². The summed E-state index contributed by atoms with van der Waals surface area (Å²) in [5.74, 6) is 0.844. The van der Waals surface area contributed by atoms with Gasteiger partial charge in [0.15, 0.2) is 5.78 Å². The number of methoxy groups -OCH3 is 2. The van der Waals surface area contributed by atoms with Crippen molar-refractivity contribution >= 4 is 34.9 Å². The van der Waals surface area contributed by atoms with E-state index in [0.29, 0.717) is 45.7 Å². The Kier molecular flexibility index (Phi) is 5.76. The number of ketones is 1. The molecule has 7 heteroatoms. The number of rotatable bonds is 4. The van der Waals surface area contributed by atoms with Crippen molar-refractivity contribution < 1.29 is 19.1 Å². The first kappa shape index (κ1) is 20.8. The molecular weight excluding hydrogens is 425 g/mol. The Bertz CT molecular complexity index is 1060. The number of benzene rings is 2. The second-order valence-corrected chi connectivity index (χ2v) is 8.32. The lowest BCUT2D eigenvalue weighted by molar-refractivity contribution is -0.122. The second kappa shape index (κ2) is 8.32. The third-order valence-electron chi connectivity index (χ3n) is 5.76. The number of amides is 1. The van der Waals surface area contributed by atoms with E-state index in [1.54, 1.807) is 26.4 Å². The summed E-state index contributed by atoms with van der Waals surface area (Å²) in [6.07, 6.45) is 1.07. The van der Waals surface area contributed by atoms with Gasteiger partial charge in [-0.3, -0.25) is 9.59 Å². The van der Waals surface area contributed by atoms with Gasteiger partial charge in [0, 0.05) is 41.5 Å². The van der Waals surface area contributed by atoms with Gasteiger partial charge in [-0.25, -0.2) is 0 Å². The van der Waals surface area contributed by atoms with Crippen molar-refractivity contribution in [3.63, 3.8) is 0 Å². The Morgan fingerprint density at radius 1 is 0.933 bits per heavy atom. The van der Waals surface area contributed by atoms with Gasteiger partial charge in [-0.15, -0.1) is 0 Å². The van der Waals surface area contributed by atoms with Crippen LogP contribution in [0.1, 0.15) is 42.2 Å². The normalized spacial score (nSPS) is 21.2. The molecule has 0 fully saturated rings. The SMILES string of the molecule is COc1ccc(OC)c(C2CC(=O)C3=C(C2)NC(=O)CC3c2ccc(Cl)c(Cl)c2)c1. The number of Topliss-reactive ketones (excluding diaryl/α,β-unsaturated/α-hetero) is 1. The molecule has 0 saturated carbocycles. The van der Waals surface area contributed by atoms with Gasteiger partial charge in [0.25, 0.3) is 0 Å². The summed E-state index contributed by atoms with van der Waals surface area (Å²) in [5, 5.41) is 3.78. The molecule has 1 aliphatic carbocycles. The maximum atomic E-state index is 13.3. The number of hydrogen-bond acceptors (Lipinski definition) is 4. The smallest absolute Gasteiger partial charge is 0.225 e. The van der Waals surface area contributed by atoms with E-state index in [1.165, 1.54) is 0 Å². The maximum Gasteiger partial charge on any atom is 0.225 e. The molecule has 156 valence electrons. The molecule has 2 aromatic carbocycles. The summed E-state index contributed by atoms with van der Waals surface area (Å²) in [4.78, 5) is 25.7. The van der Waals surface area contributed by atoms with Gasteiger partial charge in [0.05, 0.1) is 24.3 Å². The van der Waals surface area contributed by atoms with Crippen LogP contribution in [-0.2, 0) is 9.59 Å². The van der Waals surface area contributed by atoms with Crippen LogP contribution in [0.4, 0.5) is 0 Å². The van der Waals surface area contributed by atoms with E-state index in [9.17, 15) is 9.59 Å². The minimum atomic E-state index is -0.329. The molecule has 0 spiro atoms. The van der Waals surface area contributed by atoms with Gasteiger partial charge in [-0.05, 0) is 42.3 Å². The molecule has 30 heavy (non-hydrogen) atoms. The molecule has 1 heterocycles. The van der Waals surface area contributed by atoms with Crippen molar-refractivity contribution in [2.24, 2.45) is 0 Å². The summed E-state index contributed by atoms with van der Waals surface area (Å²) in [6.45, 7) is 0. The zero-order chi connectivity index (χ0) is 21.4. The summed E-state index contributed by atoms with van der Waals surface area (Å²) < 4.78 is 10.9. The van der Waals surface area contributed by atoms with E-state index >= 15 is 0 Å². The molecule has 0 saturated heterocycles. The fraction of sp³-hybridized carbons (Fsp3) is 0.304. The highest BCUT2D eigenvalue weighted by Crippen LogP contribution is 2.45. The van der Waals surface area contributed by atoms with Crippen LogP contribution in [0.5, 0.6) is 11.5 Å². The monoisotopic (exact) mass is 445 g/mol. The Hall–Kier alpha value is -2.50. The van der Waals surface area contributed by atoms with Crippen LogP contribution >= 0.6 is 23.2 Å². The molecule has 0 aromatic heterocycles. The number of carbonyl (C=O) groups excluding carboxylic acids is 2. The first-order valence-corrected chi connectivity index (χ1v) is 10.4. The van der Waals surface area contributed by atoms with Gasteiger partial charge in [0.2, 0.25) is 5.91 Å². The standard InChI is InChI=1S/C23H21Cl2NO4/c1-29-14-4-6-21(30-2)15(10-14)13-8-19-23(20(27)9-13)16(11-22(28)26-19)12-3-5-17(24)18(25)7-12/h3-7,10,13,16H,8-9,11H2,1-2H3,(H,26,28). The van der Waals surface area contributed by atoms with Gasteiger partial charge in [-0.2, -0.15) is 0 Å². The molecule has 4 rings (SSSR count). The van der Waals surface area contributed by atoms with Gasteiger partial charge >= 0.3 is 0 Å². The van der Waals surface area contributed by atoms with Crippen molar-refractivity contribution in [2.45, 2.75) is 31.1 Å². The zero-order valence-corrected chi connectivity index (χ0v) is 18.1. The minimum absolute atomic E-state index is 0.0159. The molecule has 0 radical (unpaired) electrons. The van der Waals surface area contributed by atoms with Gasteiger partial charge in [-0.1, -0.05) is 29.3 Å². The van der Waals surface area contributed by atoms with Crippen LogP contribution in [0.2, 0.25) is 10.0 Å². The summed E-state index contributed by atoms with van der Waals surface area (Å²) >= 11 is 12.2. The predicted molar refractivity (Wildman–Crippen MR) is 116 cm³/mol. The lowest BCUT2D eigenvalue weighted by atomic mass is 9.73. The van der Waals surface area contributed by atoms with Crippen LogP contribution in [0.25, 0.3) is 0 Å². The molecule has 2 atom stereocenters. The Morgan fingerprint density at radius 2 is 1.73 bits per heavy atom. The van der Waals surface area contributed by atoms with E-state index in [0.717, 1.165) is 11.1 Å². The average molecular weight is 446 g/mol.